The molecule has 1 unspecified atom stereocenters. The van der Waals surface area contributed by atoms with Gasteiger partial charge in [0.05, 0.1) is 0 Å². The van der Waals surface area contributed by atoms with Gasteiger partial charge in [0.2, 0.25) is 0 Å². The minimum Gasteiger partial charge on any atom is -0.300 e. The molecule has 0 aromatic rings. The van der Waals surface area contributed by atoms with Crippen LogP contribution in [-0.2, 0) is 0 Å². The fourth-order valence-corrected chi connectivity index (χ4v) is 3.80. The first-order chi connectivity index (χ1) is 10.5. The van der Waals surface area contributed by atoms with Gasteiger partial charge in [-0.25, -0.2) is 0 Å². The van der Waals surface area contributed by atoms with E-state index in [-0.39, 0.29) is 0 Å². The van der Waals surface area contributed by atoms with Crippen molar-refractivity contribution in [2.45, 2.75) is 46.7 Å². The smallest absolute Gasteiger partial charge is 0.0195 e. The second-order valence-corrected chi connectivity index (χ2v) is 8.01. The molecule has 22 heavy (non-hydrogen) atoms. The molecule has 2 saturated heterocycles. The van der Waals surface area contributed by atoms with Gasteiger partial charge in [-0.1, -0.05) is 13.8 Å². The molecule has 2 aliphatic heterocycles. The molecule has 0 spiro atoms. The lowest BCUT2D eigenvalue weighted by Gasteiger charge is -2.42. The zero-order valence-corrected chi connectivity index (χ0v) is 15.6. The molecule has 0 amide bonds. The summed E-state index contributed by atoms with van der Waals surface area (Å²) in [5.41, 5.74) is 0. The zero-order chi connectivity index (χ0) is 16.1. The van der Waals surface area contributed by atoms with E-state index in [1.807, 2.05) is 0 Å². The monoisotopic (exact) mass is 310 g/mol. The number of hydrogen-bond acceptors (Lipinski definition) is 4. The molecule has 2 heterocycles. The van der Waals surface area contributed by atoms with Crippen molar-refractivity contribution in [2.24, 2.45) is 5.92 Å². The summed E-state index contributed by atoms with van der Waals surface area (Å²) in [5, 5.41) is 0. The summed E-state index contributed by atoms with van der Waals surface area (Å²) in [4.78, 5) is 10.6. The van der Waals surface area contributed by atoms with E-state index < -0.39 is 0 Å². The van der Waals surface area contributed by atoms with Crippen LogP contribution in [0.15, 0.2) is 0 Å². The van der Waals surface area contributed by atoms with E-state index in [2.05, 4.69) is 54.2 Å². The number of rotatable bonds is 6. The van der Waals surface area contributed by atoms with E-state index in [4.69, 9.17) is 0 Å². The van der Waals surface area contributed by atoms with Crippen LogP contribution >= 0.6 is 0 Å². The Hall–Kier alpha value is -0.160. The number of piperazine rings is 2. The van der Waals surface area contributed by atoms with E-state index in [1.165, 1.54) is 65.4 Å². The molecule has 2 fully saturated rings. The van der Waals surface area contributed by atoms with Gasteiger partial charge in [0.1, 0.15) is 0 Å². The van der Waals surface area contributed by atoms with Gasteiger partial charge in [-0.3, -0.25) is 19.6 Å². The summed E-state index contributed by atoms with van der Waals surface area (Å²) >= 11 is 0. The highest BCUT2D eigenvalue weighted by Crippen LogP contribution is 2.12. The second kappa shape index (κ2) is 8.62. The van der Waals surface area contributed by atoms with E-state index >= 15 is 0 Å². The fourth-order valence-electron chi connectivity index (χ4n) is 3.80. The third kappa shape index (κ3) is 5.48. The predicted molar refractivity (Wildman–Crippen MR) is 95.5 cm³/mol. The Kier molecular flexibility index (Phi) is 7.13. The summed E-state index contributed by atoms with van der Waals surface area (Å²) < 4.78 is 0. The van der Waals surface area contributed by atoms with Crippen LogP contribution in [0.1, 0.15) is 34.6 Å². The van der Waals surface area contributed by atoms with Crippen molar-refractivity contribution in [3.05, 3.63) is 0 Å². The largest absolute Gasteiger partial charge is 0.300 e. The van der Waals surface area contributed by atoms with E-state index in [1.54, 1.807) is 0 Å². The molecule has 4 nitrogen and oxygen atoms in total. The first kappa shape index (κ1) is 18.2. The van der Waals surface area contributed by atoms with E-state index in [0.29, 0.717) is 12.1 Å². The van der Waals surface area contributed by atoms with Crippen LogP contribution < -0.4 is 0 Å². The van der Waals surface area contributed by atoms with Crippen LogP contribution in [0.3, 0.4) is 0 Å². The minimum atomic E-state index is 0.706. The zero-order valence-electron chi connectivity index (χ0n) is 15.6. The molecule has 0 aromatic carbocycles. The predicted octanol–water partition coefficient (Wildman–Crippen LogP) is 1.67. The summed E-state index contributed by atoms with van der Waals surface area (Å²) in [6, 6.07) is 1.42. The van der Waals surface area contributed by atoms with Gasteiger partial charge >= 0.3 is 0 Å². The third-order valence-corrected chi connectivity index (χ3v) is 5.32. The molecule has 0 saturated carbocycles. The van der Waals surface area contributed by atoms with E-state index in [0.717, 1.165) is 5.92 Å². The van der Waals surface area contributed by atoms with Gasteiger partial charge < -0.3 is 0 Å². The Bertz CT molecular complexity index is 310. The molecule has 4 heteroatoms. The van der Waals surface area contributed by atoms with Crippen molar-refractivity contribution in [2.75, 3.05) is 65.4 Å². The molecule has 2 rings (SSSR count). The van der Waals surface area contributed by atoms with E-state index in [9.17, 15) is 0 Å². The summed E-state index contributed by atoms with van der Waals surface area (Å²) in [6.45, 7) is 24.2. The molecule has 0 radical (unpaired) electrons. The van der Waals surface area contributed by atoms with Crippen molar-refractivity contribution in [1.29, 1.82) is 0 Å². The third-order valence-electron chi connectivity index (χ3n) is 5.32. The lowest BCUT2D eigenvalue weighted by molar-refractivity contribution is 0.0569. The molecule has 1 atom stereocenters. The Morgan fingerprint density at radius 2 is 1.41 bits per heavy atom. The molecule has 0 aliphatic carbocycles. The Labute approximate surface area is 138 Å². The number of hydrogen-bond donors (Lipinski definition) is 0. The average molecular weight is 311 g/mol. The van der Waals surface area contributed by atoms with Crippen LogP contribution in [0.25, 0.3) is 0 Å². The Morgan fingerprint density at radius 3 is 1.95 bits per heavy atom. The minimum absolute atomic E-state index is 0.706. The molecule has 0 N–H and O–H groups in total. The topological polar surface area (TPSA) is 13.0 Å². The van der Waals surface area contributed by atoms with Crippen LogP contribution in [0.2, 0.25) is 0 Å². The lowest BCUT2D eigenvalue weighted by atomic mass is 10.1. The highest BCUT2D eigenvalue weighted by molar-refractivity contribution is 4.81. The van der Waals surface area contributed by atoms with Gasteiger partial charge in [0, 0.05) is 77.5 Å². The highest BCUT2D eigenvalue weighted by Gasteiger charge is 2.25. The summed E-state index contributed by atoms with van der Waals surface area (Å²) in [7, 11) is 0. The standard InChI is InChI=1S/C18H38N4/c1-16(2)14-22-13-10-20(15-18(22)5)7-6-19-8-11-21(12-9-19)17(3)4/h16-18H,6-15H2,1-5H3. The average Bonchev–Trinajstić information content (AvgIpc) is 2.47. The van der Waals surface area contributed by atoms with Gasteiger partial charge in [0.15, 0.2) is 0 Å². The molecule has 130 valence electrons. The molecular weight excluding hydrogens is 272 g/mol. The van der Waals surface area contributed by atoms with Crippen LogP contribution in [0.4, 0.5) is 0 Å². The Morgan fingerprint density at radius 1 is 0.818 bits per heavy atom. The highest BCUT2D eigenvalue weighted by atomic mass is 15.3. The summed E-state index contributed by atoms with van der Waals surface area (Å²) in [5.74, 6) is 0.784. The second-order valence-electron chi connectivity index (χ2n) is 8.01. The van der Waals surface area contributed by atoms with Crippen molar-refractivity contribution in [3.63, 3.8) is 0 Å². The van der Waals surface area contributed by atoms with Crippen molar-refractivity contribution in [3.8, 4) is 0 Å². The molecule has 2 aliphatic rings. The maximum atomic E-state index is 2.68. The first-order valence-corrected chi connectivity index (χ1v) is 9.38. The SMILES string of the molecule is CC(C)CN1CCN(CCN2CCN(C(C)C)CC2)CC1C. The molecular formula is C18H38N4. The maximum absolute atomic E-state index is 2.68. The molecule has 0 bridgehead atoms. The van der Waals surface area contributed by atoms with Crippen LogP contribution in [0.5, 0.6) is 0 Å². The molecule has 0 aromatic heterocycles. The summed E-state index contributed by atoms with van der Waals surface area (Å²) in [6.07, 6.45) is 0. The quantitative estimate of drug-likeness (QED) is 0.740. The van der Waals surface area contributed by atoms with Crippen molar-refractivity contribution < 1.29 is 0 Å². The lowest BCUT2D eigenvalue weighted by Crippen LogP contribution is -2.55. The maximum Gasteiger partial charge on any atom is 0.0195 e. The van der Waals surface area contributed by atoms with Gasteiger partial charge in [-0.15, -0.1) is 0 Å². The number of nitrogens with zero attached hydrogens (tertiary/aromatic N) is 4. The van der Waals surface area contributed by atoms with Crippen LogP contribution in [-0.4, -0.2) is 97.1 Å². The normalized spacial score (nSPS) is 27.1. The fraction of sp³-hybridized carbons (Fsp3) is 1.00. The Balaban J connectivity index is 1.64. The van der Waals surface area contributed by atoms with Gasteiger partial charge in [-0.2, -0.15) is 0 Å². The van der Waals surface area contributed by atoms with Crippen molar-refractivity contribution in [1.82, 2.24) is 19.6 Å². The van der Waals surface area contributed by atoms with Gasteiger partial charge in [0.25, 0.3) is 0 Å². The van der Waals surface area contributed by atoms with Crippen LogP contribution in [0, 0.1) is 5.92 Å². The van der Waals surface area contributed by atoms with Gasteiger partial charge in [-0.05, 0) is 26.7 Å². The van der Waals surface area contributed by atoms with Crippen molar-refractivity contribution >= 4 is 0 Å². The first-order valence-electron chi connectivity index (χ1n) is 9.38.